The Morgan fingerprint density at radius 1 is 1.61 bits per heavy atom. The minimum absolute atomic E-state index is 0.163. The van der Waals surface area contributed by atoms with Gasteiger partial charge in [0.25, 0.3) is 0 Å². The molecule has 18 heavy (non-hydrogen) atoms. The lowest BCUT2D eigenvalue weighted by atomic mass is 10.1. The molecule has 0 aromatic carbocycles. The van der Waals surface area contributed by atoms with Gasteiger partial charge in [0.15, 0.2) is 0 Å². The number of pyridine rings is 1. The van der Waals surface area contributed by atoms with Crippen LogP contribution in [0.5, 0.6) is 0 Å². The van der Waals surface area contributed by atoms with Crippen molar-refractivity contribution in [1.29, 1.82) is 0 Å². The van der Waals surface area contributed by atoms with E-state index in [1.165, 1.54) is 19.4 Å². The molecule has 0 radical (unpaired) electrons. The maximum absolute atomic E-state index is 11.6. The fourth-order valence-corrected chi connectivity index (χ4v) is 2.31. The lowest BCUT2D eigenvalue weighted by Crippen LogP contribution is -2.34. The van der Waals surface area contributed by atoms with E-state index in [0.717, 1.165) is 6.42 Å². The van der Waals surface area contributed by atoms with E-state index in [9.17, 15) is 4.79 Å². The summed E-state index contributed by atoms with van der Waals surface area (Å²) in [5, 5.41) is 5.63. The minimum atomic E-state index is -0.163. The van der Waals surface area contributed by atoms with E-state index in [1.54, 1.807) is 18.5 Å². The van der Waals surface area contributed by atoms with Crippen LogP contribution in [0.15, 0.2) is 24.5 Å². The molecule has 0 unspecified atom stereocenters. The number of amides is 2. The van der Waals surface area contributed by atoms with E-state index in [4.69, 9.17) is 0 Å². The molecule has 2 amide bonds. The third-order valence-corrected chi connectivity index (χ3v) is 3.35. The number of carbonyl (C=O) groups is 1. The average molecular weight is 248 g/mol. The van der Waals surface area contributed by atoms with Crippen LogP contribution in [0.4, 0.5) is 10.5 Å². The second-order valence-corrected chi connectivity index (χ2v) is 4.69. The molecule has 0 spiro atoms. The topological polar surface area (TPSA) is 57.3 Å². The Morgan fingerprint density at radius 3 is 3.17 bits per heavy atom. The van der Waals surface area contributed by atoms with E-state index in [0.29, 0.717) is 18.3 Å². The van der Waals surface area contributed by atoms with Crippen LogP contribution in [-0.4, -0.2) is 42.1 Å². The summed E-state index contributed by atoms with van der Waals surface area (Å²) in [4.78, 5) is 17.9. The smallest absolute Gasteiger partial charge is 0.319 e. The van der Waals surface area contributed by atoms with Crippen molar-refractivity contribution in [2.45, 2.75) is 25.3 Å². The molecule has 1 aliphatic rings. The number of hydrogen-bond donors (Lipinski definition) is 2. The number of likely N-dealkylation sites (tertiary alicyclic amines) is 1. The van der Waals surface area contributed by atoms with Crippen LogP contribution in [0.1, 0.15) is 19.3 Å². The van der Waals surface area contributed by atoms with Gasteiger partial charge < -0.3 is 15.5 Å². The van der Waals surface area contributed by atoms with Crippen LogP contribution in [0, 0.1) is 0 Å². The van der Waals surface area contributed by atoms with Gasteiger partial charge in [0.2, 0.25) is 0 Å². The highest BCUT2D eigenvalue weighted by atomic mass is 16.2. The Kier molecular flexibility index (Phi) is 4.52. The molecule has 5 nitrogen and oxygen atoms in total. The van der Waals surface area contributed by atoms with Gasteiger partial charge in [0.1, 0.15) is 0 Å². The van der Waals surface area contributed by atoms with Crippen LogP contribution < -0.4 is 10.6 Å². The van der Waals surface area contributed by atoms with Crippen LogP contribution in [0.2, 0.25) is 0 Å². The quantitative estimate of drug-likeness (QED) is 0.852. The summed E-state index contributed by atoms with van der Waals surface area (Å²) < 4.78 is 0. The van der Waals surface area contributed by atoms with Crippen molar-refractivity contribution in [3.05, 3.63) is 24.5 Å². The van der Waals surface area contributed by atoms with Gasteiger partial charge in [-0.05, 0) is 45.0 Å². The highest BCUT2D eigenvalue weighted by molar-refractivity contribution is 5.88. The highest BCUT2D eigenvalue weighted by Gasteiger charge is 2.20. The molecule has 1 saturated heterocycles. The van der Waals surface area contributed by atoms with Crippen molar-refractivity contribution >= 4 is 11.7 Å². The Balaban J connectivity index is 1.66. The van der Waals surface area contributed by atoms with Gasteiger partial charge in [-0.1, -0.05) is 0 Å². The Labute approximate surface area is 108 Å². The second-order valence-electron chi connectivity index (χ2n) is 4.69. The standard InChI is InChI=1S/C13H20N4O/c1-17-9-3-5-12(17)6-8-15-13(18)16-11-4-2-7-14-10-11/h2,4,7,10,12H,3,5-6,8-9H2,1H3,(H2,15,16,18)/t12-/m0/s1. The van der Waals surface area contributed by atoms with Crippen LogP contribution in [-0.2, 0) is 0 Å². The number of nitrogens with one attached hydrogen (secondary N) is 2. The molecule has 0 bridgehead atoms. The number of anilines is 1. The number of rotatable bonds is 4. The molecular formula is C13H20N4O. The summed E-state index contributed by atoms with van der Waals surface area (Å²) in [7, 11) is 2.15. The number of aromatic nitrogens is 1. The summed E-state index contributed by atoms with van der Waals surface area (Å²) in [6.07, 6.45) is 6.83. The molecule has 0 aliphatic carbocycles. The van der Waals surface area contributed by atoms with E-state index >= 15 is 0 Å². The summed E-state index contributed by atoms with van der Waals surface area (Å²) in [5.74, 6) is 0. The van der Waals surface area contributed by atoms with Gasteiger partial charge in [-0.2, -0.15) is 0 Å². The number of carbonyl (C=O) groups excluding carboxylic acids is 1. The first-order chi connectivity index (χ1) is 8.75. The lowest BCUT2D eigenvalue weighted by Gasteiger charge is -2.19. The number of hydrogen-bond acceptors (Lipinski definition) is 3. The molecule has 1 fully saturated rings. The molecule has 2 N–H and O–H groups in total. The molecule has 1 aromatic rings. The third kappa shape index (κ3) is 3.70. The summed E-state index contributed by atoms with van der Waals surface area (Å²) in [6, 6.07) is 4.06. The van der Waals surface area contributed by atoms with Gasteiger partial charge in [-0.3, -0.25) is 4.98 Å². The highest BCUT2D eigenvalue weighted by Crippen LogP contribution is 2.16. The van der Waals surface area contributed by atoms with Gasteiger partial charge in [0.05, 0.1) is 11.9 Å². The van der Waals surface area contributed by atoms with Crippen molar-refractivity contribution in [3.8, 4) is 0 Å². The first-order valence-electron chi connectivity index (χ1n) is 6.41. The largest absolute Gasteiger partial charge is 0.338 e. The van der Waals surface area contributed by atoms with Gasteiger partial charge in [0, 0.05) is 18.8 Å². The Morgan fingerprint density at radius 2 is 2.50 bits per heavy atom. The van der Waals surface area contributed by atoms with Crippen LogP contribution in [0.3, 0.4) is 0 Å². The Bertz CT molecular complexity index is 382. The molecule has 1 aromatic heterocycles. The van der Waals surface area contributed by atoms with Crippen molar-refractivity contribution in [2.75, 3.05) is 25.5 Å². The zero-order chi connectivity index (χ0) is 12.8. The fraction of sp³-hybridized carbons (Fsp3) is 0.538. The minimum Gasteiger partial charge on any atom is -0.338 e. The number of urea groups is 1. The molecule has 2 heterocycles. The Hall–Kier alpha value is -1.62. The first-order valence-corrected chi connectivity index (χ1v) is 6.41. The molecular weight excluding hydrogens is 228 g/mol. The summed E-state index contributed by atoms with van der Waals surface area (Å²) in [5.41, 5.74) is 0.716. The maximum atomic E-state index is 11.6. The molecule has 1 aliphatic heterocycles. The fourth-order valence-electron chi connectivity index (χ4n) is 2.31. The maximum Gasteiger partial charge on any atom is 0.319 e. The van der Waals surface area contributed by atoms with E-state index in [2.05, 4.69) is 27.6 Å². The lowest BCUT2D eigenvalue weighted by molar-refractivity contribution is 0.248. The molecule has 2 rings (SSSR count). The van der Waals surface area contributed by atoms with Gasteiger partial charge in [-0.25, -0.2) is 4.79 Å². The predicted molar refractivity (Wildman–Crippen MR) is 71.5 cm³/mol. The molecule has 98 valence electrons. The van der Waals surface area contributed by atoms with Crippen molar-refractivity contribution < 1.29 is 4.79 Å². The molecule has 5 heteroatoms. The molecule has 1 atom stereocenters. The van der Waals surface area contributed by atoms with E-state index in [-0.39, 0.29) is 6.03 Å². The van der Waals surface area contributed by atoms with E-state index < -0.39 is 0 Å². The van der Waals surface area contributed by atoms with Crippen molar-refractivity contribution in [2.24, 2.45) is 0 Å². The number of nitrogens with zero attached hydrogens (tertiary/aromatic N) is 2. The second kappa shape index (κ2) is 6.35. The SMILES string of the molecule is CN1CCC[C@H]1CCNC(=O)Nc1cccnc1. The van der Waals surface area contributed by atoms with Gasteiger partial charge in [-0.15, -0.1) is 0 Å². The first kappa shape index (κ1) is 12.8. The predicted octanol–water partition coefficient (Wildman–Crippen LogP) is 1.69. The molecule has 0 saturated carbocycles. The van der Waals surface area contributed by atoms with Gasteiger partial charge >= 0.3 is 6.03 Å². The monoisotopic (exact) mass is 248 g/mol. The zero-order valence-corrected chi connectivity index (χ0v) is 10.7. The average Bonchev–Trinajstić information content (AvgIpc) is 2.76. The van der Waals surface area contributed by atoms with Crippen molar-refractivity contribution in [1.82, 2.24) is 15.2 Å². The summed E-state index contributed by atoms with van der Waals surface area (Å²) in [6.45, 7) is 1.88. The third-order valence-electron chi connectivity index (χ3n) is 3.35. The summed E-state index contributed by atoms with van der Waals surface area (Å²) >= 11 is 0. The van der Waals surface area contributed by atoms with E-state index in [1.807, 2.05) is 6.07 Å². The van der Waals surface area contributed by atoms with Crippen molar-refractivity contribution in [3.63, 3.8) is 0 Å². The zero-order valence-electron chi connectivity index (χ0n) is 10.7. The normalized spacial score (nSPS) is 19.7. The van der Waals surface area contributed by atoms with Crippen LogP contribution >= 0.6 is 0 Å². The van der Waals surface area contributed by atoms with Crippen LogP contribution in [0.25, 0.3) is 0 Å².